The number of hydrogen-bond acceptors (Lipinski definition) is 5. The summed E-state index contributed by atoms with van der Waals surface area (Å²) >= 11 is 0. The van der Waals surface area contributed by atoms with Gasteiger partial charge in [0.1, 0.15) is 11.6 Å². The molecule has 6 nitrogen and oxygen atoms in total. The van der Waals surface area contributed by atoms with Crippen molar-refractivity contribution in [2.45, 2.75) is 19.6 Å². The number of benzene rings is 2. The van der Waals surface area contributed by atoms with E-state index in [1.54, 1.807) is 6.07 Å². The van der Waals surface area contributed by atoms with Crippen LogP contribution in [0.1, 0.15) is 22.8 Å². The zero-order chi connectivity index (χ0) is 18.4. The number of carbonyl (C=O) groups excluding carboxylic acids is 2. The highest BCUT2D eigenvalue weighted by Gasteiger charge is 2.20. The van der Waals surface area contributed by atoms with E-state index in [2.05, 4.69) is 5.32 Å². The molecule has 0 aliphatic carbocycles. The van der Waals surface area contributed by atoms with Gasteiger partial charge in [-0.1, -0.05) is 18.2 Å². The summed E-state index contributed by atoms with van der Waals surface area (Å²) in [5.41, 5.74) is 6.33. The van der Waals surface area contributed by atoms with Crippen LogP contribution in [0, 0.1) is 5.82 Å². The first kappa shape index (κ1) is 18.3. The number of carbonyl (C=O) groups is 2. The molecule has 0 unspecified atom stereocenters. The number of nitrogens with one attached hydrogen (secondary N) is 1. The Hall–Kier alpha value is -3.09. The fraction of sp³-hybridized carbons (Fsp3) is 0.222. The average molecular weight is 346 g/mol. The minimum absolute atomic E-state index is 0.00535. The first-order valence-corrected chi connectivity index (χ1v) is 7.58. The third kappa shape index (κ3) is 4.69. The molecule has 132 valence electrons. The molecule has 7 heteroatoms. The largest absolute Gasteiger partial charge is 0.496 e. The van der Waals surface area contributed by atoms with Gasteiger partial charge in [-0.25, -0.2) is 9.18 Å². The number of amides is 1. The van der Waals surface area contributed by atoms with Crippen molar-refractivity contribution in [3.63, 3.8) is 0 Å². The maximum Gasteiger partial charge on any atom is 0.341 e. The number of hydrogen-bond donors (Lipinski definition) is 2. The Kier molecular flexibility index (Phi) is 5.94. The van der Waals surface area contributed by atoms with Gasteiger partial charge in [-0.2, -0.15) is 0 Å². The molecule has 0 bridgehead atoms. The van der Waals surface area contributed by atoms with E-state index in [0.717, 1.165) is 17.7 Å². The van der Waals surface area contributed by atoms with Crippen molar-refractivity contribution in [2.75, 3.05) is 12.8 Å². The first-order chi connectivity index (χ1) is 11.9. The van der Waals surface area contributed by atoms with E-state index >= 15 is 0 Å². The number of para-hydroxylation sites is 1. The van der Waals surface area contributed by atoms with Crippen LogP contribution in [0.25, 0.3) is 0 Å². The monoisotopic (exact) mass is 346 g/mol. The van der Waals surface area contributed by atoms with Crippen molar-refractivity contribution in [3.8, 4) is 5.75 Å². The number of nitrogen functional groups attached to an aromatic ring is 1. The highest BCUT2D eigenvalue weighted by molar-refractivity contribution is 5.96. The molecule has 0 aromatic heterocycles. The van der Waals surface area contributed by atoms with Gasteiger partial charge >= 0.3 is 5.97 Å². The topological polar surface area (TPSA) is 90.6 Å². The third-order valence-corrected chi connectivity index (χ3v) is 3.53. The molecule has 25 heavy (non-hydrogen) atoms. The SMILES string of the molecule is COc1ccccc1CNC(=O)[C@H](C)OC(=O)c1ccc(F)cc1N. The van der Waals surface area contributed by atoms with Crippen molar-refractivity contribution in [3.05, 3.63) is 59.4 Å². The molecule has 0 saturated carbocycles. The van der Waals surface area contributed by atoms with Gasteiger partial charge in [0.25, 0.3) is 5.91 Å². The fourth-order valence-corrected chi connectivity index (χ4v) is 2.17. The van der Waals surface area contributed by atoms with Crippen molar-refractivity contribution in [2.24, 2.45) is 0 Å². The van der Waals surface area contributed by atoms with Crippen molar-refractivity contribution in [1.82, 2.24) is 5.32 Å². The van der Waals surface area contributed by atoms with Crippen LogP contribution in [0.3, 0.4) is 0 Å². The first-order valence-electron chi connectivity index (χ1n) is 7.58. The van der Waals surface area contributed by atoms with Crippen LogP contribution in [0.4, 0.5) is 10.1 Å². The van der Waals surface area contributed by atoms with E-state index in [9.17, 15) is 14.0 Å². The Balaban J connectivity index is 1.94. The summed E-state index contributed by atoms with van der Waals surface area (Å²) in [6.45, 7) is 1.67. The number of rotatable bonds is 6. The van der Waals surface area contributed by atoms with E-state index < -0.39 is 23.8 Å². The molecule has 0 radical (unpaired) electrons. The molecule has 0 spiro atoms. The Labute approximate surface area is 144 Å². The molecule has 0 aliphatic heterocycles. The molecule has 0 aliphatic rings. The van der Waals surface area contributed by atoms with Gasteiger partial charge in [0.15, 0.2) is 6.10 Å². The molecular formula is C18H19FN2O4. The molecule has 0 heterocycles. The van der Waals surface area contributed by atoms with Crippen LogP contribution in [0.2, 0.25) is 0 Å². The smallest absolute Gasteiger partial charge is 0.341 e. The summed E-state index contributed by atoms with van der Waals surface area (Å²) in [4.78, 5) is 24.1. The van der Waals surface area contributed by atoms with Gasteiger partial charge in [0.05, 0.1) is 12.7 Å². The van der Waals surface area contributed by atoms with Crippen LogP contribution in [-0.2, 0) is 16.1 Å². The predicted molar refractivity (Wildman–Crippen MR) is 90.5 cm³/mol. The lowest BCUT2D eigenvalue weighted by molar-refractivity contribution is -0.129. The van der Waals surface area contributed by atoms with E-state index in [4.69, 9.17) is 15.2 Å². The van der Waals surface area contributed by atoms with Crippen LogP contribution < -0.4 is 15.8 Å². The normalized spacial score (nSPS) is 11.5. The second-order valence-electron chi connectivity index (χ2n) is 5.31. The lowest BCUT2D eigenvalue weighted by Crippen LogP contribution is -2.35. The maximum atomic E-state index is 13.0. The van der Waals surface area contributed by atoms with Crippen molar-refractivity contribution < 1.29 is 23.5 Å². The van der Waals surface area contributed by atoms with Gasteiger partial charge in [0, 0.05) is 17.8 Å². The highest BCUT2D eigenvalue weighted by Crippen LogP contribution is 2.17. The Morgan fingerprint density at radius 2 is 1.96 bits per heavy atom. The molecular weight excluding hydrogens is 327 g/mol. The number of esters is 1. The van der Waals surface area contributed by atoms with Crippen LogP contribution in [0.15, 0.2) is 42.5 Å². The van der Waals surface area contributed by atoms with Gasteiger partial charge in [-0.3, -0.25) is 4.79 Å². The molecule has 2 aromatic carbocycles. The Bertz CT molecular complexity index is 779. The van der Waals surface area contributed by atoms with E-state index in [0.29, 0.717) is 5.75 Å². The molecule has 3 N–H and O–H groups in total. The summed E-state index contributed by atoms with van der Waals surface area (Å²) in [7, 11) is 1.54. The molecule has 0 saturated heterocycles. The van der Waals surface area contributed by atoms with Crippen LogP contribution >= 0.6 is 0 Å². The number of anilines is 1. The number of methoxy groups -OCH3 is 1. The zero-order valence-electron chi connectivity index (χ0n) is 13.9. The standard InChI is InChI=1S/C18H19FN2O4/c1-11(25-18(23)14-8-7-13(19)9-15(14)20)17(22)21-10-12-5-3-4-6-16(12)24-2/h3-9,11H,10,20H2,1-2H3,(H,21,22)/t11-/m0/s1. The van der Waals surface area contributed by atoms with Crippen molar-refractivity contribution >= 4 is 17.6 Å². The summed E-state index contributed by atoms with van der Waals surface area (Å²) in [6.07, 6.45) is -1.04. The quantitative estimate of drug-likeness (QED) is 0.619. The van der Waals surface area contributed by atoms with E-state index in [1.165, 1.54) is 20.1 Å². The zero-order valence-corrected chi connectivity index (χ0v) is 13.9. The number of halogens is 1. The van der Waals surface area contributed by atoms with E-state index in [1.807, 2.05) is 18.2 Å². The summed E-state index contributed by atoms with van der Waals surface area (Å²) in [5, 5.41) is 2.67. The Morgan fingerprint density at radius 1 is 1.24 bits per heavy atom. The molecule has 2 rings (SSSR count). The maximum absolute atomic E-state index is 13.0. The van der Waals surface area contributed by atoms with Gasteiger partial charge in [0.2, 0.25) is 0 Å². The van der Waals surface area contributed by atoms with Crippen molar-refractivity contribution in [1.29, 1.82) is 0 Å². The minimum atomic E-state index is -1.04. The fourth-order valence-electron chi connectivity index (χ4n) is 2.17. The van der Waals surface area contributed by atoms with Crippen LogP contribution in [0.5, 0.6) is 5.75 Å². The van der Waals surface area contributed by atoms with Gasteiger partial charge in [-0.05, 0) is 31.2 Å². The summed E-state index contributed by atoms with van der Waals surface area (Å²) < 4.78 is 23.3. The number of nitrogens with two attached hydrogens (primary N) is 1. The third-order valence-electron chi connectivity index (χ3n) is 3.53. The molecule has 0 fully saturated rings. The lowest BCUT2D eigenvalue weighted by atomic mass is 10.2. The van der Waals surface area contributed by atoms with Gasteiger partial charge in [-0.15, -0.1) is 0 Å². The highest BCUT2D eigenvalue weighted by atomic mass is 19.1. The molecule has 1 amide bonds. The van der Waals surface area contributed by atoms with Crippen LogP contribution in [-0.4, -0.2) is 25.1 Å². The Morgan fingerprint density at radius 3 is 2.64 bits per heavy atom. The summed E-state index contributed by atoms with van der Waals surface area (Å²) in [5.74, 6) is -1.18. The minimum Gasteiger partial charge on any atom is -0.496 e. The predicted octanol–water partition coefficient (Wildman–Crippen LogP) is 2.28. The molecule has 2 aromatic rings. The number of ether oxygens (including phenoxy) is 2. The van der Waals surface area contributed by atoms with Gasteiger partial charge < -0.3 is 20.5 Å². The summed E-state index contributed by atoms with van der Waals surface area (Å²) in [6, 6.07) is 10.6. The second-order valence-corrected chi connectivity index (χ2v) is 5.31. The van der Waals surface area contributed by atoms with E-state index in [-0.39, 0.29) is 17.8 Å². The second kappa shape index (κ2) is 8.14. The molecule has 1 atom stereocenters. The average Bonchev–Trinajstić information content (AvgIpc) is 2.59. The lowest BCUT2D eigenvalue weighted by Gasteiger charge is -2.15.